The van der Waals surface area contributed by atoms with Gasteiger partial charge in [-0.2, -0.15) is 0 Å². The molecule has 0 bridgehead atoms. The number of hydrogen-bond acceptors (Lipinski definition) is 3. The molecule has 5 heteroatoms. The van der Waals surface area contributed by atoms with Crippen molar-refractivity contribution < 1.29 is 13.5 Å². The summed E-state index contributed by atoms with van der Waals surface area (Å²) in [5.41, 5.74) is 0.553. The smallest absolute Gasteiger partial charge is 0.177 e. The van der Waals surface area contributed by atoms with E-state index in [-0.39, 0.29) is 15.7 Å². The summed E-state index contributed by atoms with van der Waals surface area (Å²) in [7, 11) is -3.36. The topological polar surface area (TPSA) is 54.4 Å². The van der Waals surface area contributed by atoms with Gasteiger partial charge in [0.2, 0.25) is 0 Å². The minimum Gasteiger partial charge on any atom is -0.508 e. The van der Waals surface area contributed by atoms with Crippen LogP contribution in [0.2, 0.25) is 5.02 Å². The van der Waals surface area contributed by atoms with Crippen LogP contribution in [0.25, 0.3) is 0 Å². The Bertz CT molecular complexity index is 437. The SMILES string of the molecule is Cc1cc(Cl)c(S(C)(=O)=O)cc1O. The van der Waals surface area contributed by atoms with Crippen LogP contribution in [0.4, 0.5) is 0 Å². The summed E-state index contributed by atoms with van der Waals surface area (Å²) in [5.74, 6) is -0.0650. The van der Waals surface area contributed by atoms with Crippen molar-refractivity contribution >= 4 is 21.4 Å². The van der Waals surface area contributed by atoms with Crippen LogP contribution >= 0.6 is 11.6 Å². The van der Waals surface area contributed by atoms with Crippen molar-refractivity contribution in [2.24, 2.45) is 0 Å². The van der Waals surface area contributed by atoms with Crippen LogP contribution in [0.1, 0.15) is 5.56 Å². The Morgan fingerprint density at radius 2 is 1.92 bits per heavy atom. The fourth-order valence-electron chi connectivity index (χ4n) is 0.926. The van der Waals surface area contributed by atoms with Crippen LogP contribution < -0.4 is 0 Å². The Hall–Kier alpha value is -0.740. The highest BCUT2D eigenvalue weighted by molar-refractivity contribution is 7.90. The fourth-order valence-corrected chi connectivity index (χ4v) is 2.30. The van der Waals surface area contributed by atoms with Gasteiger partial charge in [-0.05, 0) is 18.6 Å². The van der Waals surface area contributed by atoms with Gasteiger partial charge in [0.15, 0.2) is 9.84 Å². The molecule has 0 heterocycles. The van der Waals surface area contributed by atoms with Crippen molar-refractivity contribution in [3.63, 3.8) is 0 Å². The van der Waals surface area contributed by atoms with Crippen molar-refractivity contribution in [1.82, 2.24) is 0 Å². The molecule has 13 heavy (non-hydrogen) atoms. The molecule has 0 saturated carbocycles. The molecule has 0 amide bonds. The van der Waals surface area contributed by atoms with Gasteiger partial charge >= 0.3 is 0 Å². The lowest BCUT2D eigenvalue weighted by Gasteiger charge is -2.04. The quantitative estimate of drug-likeness (QED) is 0.785. The molecule has 0 aliphatic carbocycles. The Kier molecular flexibility index (Phi) is 2.54. The van der Waals surface area contributed by atoms with E-state index >= 15 is 0 Å². The lowest BCUT2D eigenvalue weighted by atomic mass is 10.2. The first-order valence-corrected chi connectivity index (χ1v) is 5.78. The van der Waals surface area contributed by atoms with Gasteiger partial charge in [0.25, 0.3) is 0 Å². The van der Waals surface area contributed by atoms with Crippen LogP contribution in [0.3, 0.4) is 0 Å². The largest absolute Gasteiger partial charge is 0.508 e. The van der Waals surface area contributed by atoms with Crippen molar-refractivity contribution in [2.75, 3.05) is 6.26 Å². The zero-order chi connectivity index (χ0) is 10.2. The zero-order valence-electron chi connectivity index (χ0n) is 7.20. The third kappa shape index (κ3) is 2.14. The number of phenolic OH excluding ortho intramolecular Hbond substituents is 1. The number of benzene rings is 1. The summed E-state index contributed by atoms with van der Waals surface area (Å²) in [6, 6.07) is 2.58. The van der Waals surface area contributed by atoms with Crippen LogP contribution in [-0.4, -0.2) is 19.8 Å². The molecule has 0 atom stereocenters. The van der Waals surface area contributed by atoms with E-state index in [1.54, 1.807) is 6.92 Å². The number of halogens is 1. The zero-order valence-corrected chi connectivity index (χ0v) is 8.78. The number of aryl methyl sites for hydroxylation is 1. The standard InChI is InChI=1S/C8H9ClO3S/c1-5-3-6(9)8(4-7(5)10)13(2,11)12/h3-4,10H,1-2H3. The van der Waals surface area contributed by atoms with Crippen LogP contribution in [0.5, 0.6) is 5.75 Å². The van der Waals surface area contributed by atoms with E-state index in [1.807, 2.05) is 0 Å². The molecule has 0 aromatic heterocycles. The van der Waals surface area contributed by atoms with Crippen molar-refractivity contribution in [1.29, 1.82) is 0 Å². The molecule has 0 aliphatic heterocycles. The van der Waals surface area contributed by atoms with Crippen LogP contribution in [-0.2, 0) is 9.84 Å². The maximum absolute atomic E-state index is 11.1. The van der Waals surface area contributed by atoms with E-state index in [1.165, 1.54) is 6.07 Å². The summed E-state index contributed by atoms with van der Waals surface area (Å²) in [6.45, 7) is 1.65. The van der Waals surface area contributed by atoms with Crippen LogP contribution in [0, 0.1) is 6.92 Å². The molecule has 0 saturated heterocycles. The third-order valence-electron chi connectivity index (χ3n) is 1.65. The second-order valence-corrected chi connectivity index (χ2v) is 5.23. The van der Waals surface area contributed by atoms with Gasteiger partial charge in [0.05, 0.1) is 9.92 Å². The molecule has 1 aromatic carbocycles. The summed E-state index contributed by atoms with van der Waals surface area (Å²) >= 11 is 5.70. The predicted molar refractivity (Wildman–Crippen MR) is 51.0 cm³/mol. The Labute approximate surface area is 81.9 Å². The van der Waals surface area contributed by atoms with E-state index in [0.29, 0.717) is 5.56 Å². The maximum atomic E-state index is 11.1. The summed E-state index contributed by atoms with van der Waals surface area (Å²) in [6.07, 6.45) is 1.04. The van der Waals surface area contributed by atoms with Gasteiger partial charge in [0.1, 0.15) is 5.75 Å². The Morgan fingerprint density at radius 1 is 1.38 bits per heavy atom. The fraction of sp³-hybridized carbons (Fsp3) is 0.250. The molecular weight excluding hydrogens is 212 g/mol. The van der Waals surface area contributed by atoms with Gasteiger partial charge < -0.3 is 5.11 Å². The molecule has 3 nitrogen and oxygen atoms in total. The molecular formula is C8H9ClO3S. The van der Waals surface area contributed by atoms with E-state index in [0.717, 1.165) is 12.3 Å². The second-order valence-electron chi connectivity index (χ2n) is 2.84. The molecule has 1 N–H and O–H groups in total. The van der Waals surface area contributed by atoms with E-state index in [9.17, 15) is 13.5 Å². The average Bonchev–Trinajstić information content (AvgIpc) is 1.94. The number of rotatable bonds is 1. The number of phenols is 1. The summed E-state index contributed by atoms with van der Waals surface area (Å²) in [4.78, 5) is -0.0442. The first-order chi connectivity index (χ1) is 5.82. The van der Waals surface area contributed by atoms with Gasteiger partial charge in [-0.15, -0.1) is 0 Å². The molecule has 1 aromatic rings. The highest BCUT2D eigenvalue weighted by Crippen LogP contribution is 2.28. The van der Waals surface area contributed by atoms with Gasteiger partial charge in [0, 0.05) is 12.3 Å². The predicted octanol–water partition coefficient (Wildman–Crippen LogP) is 1.76. The number of hydrogen-bond donors (Lipinski definition) is 1. The average molecular weight is 221 g/mol. The lowest BCUT2D eigenvalue weighted by Crippen LogP contribution is -1.98. The first-order valence-electron chi connectivity index (χ1n) is 3.51. The lowest BCUT2D eigenvalue weighted by molar-refractivity contribution is 0.469. The maximum Gasteiger partial charge on any atom is 0.177 e. The molecule has 0 spiro atoms. The van der Waals surface area contributed by atoms with Crippen LogP contribution in [0.15, 0.2) is 17.0 Å². The van der Waals surface area contributed by atoms with Gasteiger partial charge in [-0.25, -0.2) is 8.42 Å². The Morgan fingerprint density at radius 3 is 2.38 bits per heavy atom. The molecule has 0 unspecified atom stereocenters. The van der Waals surface area contributed by atoms with E-state index < -0.39 is 9.84 Å². The molecule has 72 valence electrons. The highest BCUT2D eigenvalue weighted by atomic mass is 35.5. The van der Waals surface area contributed by atoms with Crippen molar-refractivity contribution in [2.45, 2.75) is 11.8 Å². The molecule has 0 fully saturated rings. The number of sulfone groups is 1. The monoisotopic (exact) mass is 220 g/mol. The first kappa shape index (κ1) is 10.3. The number of aromatic hydroxyl groups is 1. The van der Waals surface area contributed by atoms with E-state index in [2.05, 4.69) is 0 Å². The summed E-state index contributed by atoms with van der Waals surface area (Å²) < 4.78 is 22.2. The van der Waals surface area contributed by atoms with E-state index in [4.69, 9.17) is 11.6 Å². The summed E-state index contributed by atoms with van der Waals surface area (Å²) in [5, 5.41) is 9.40. The van der Waals surface area contributed by atoms with Gasteiger partial charge in [-0.1, -0.05) is 11.6 Å². The minimum absolute atomic E-state index is 0.0442. The Balaban J connectivity index is 3.50. The molecule has 0 radical (unpaired) electrons. The van der Waals surface area contributed by atoms with Gasteiger partial charge in [-0.3, -0.25) is 0 Å². The minimum atomic E-state index is -3.36. The normalized spacial score (nSPS) is 11.6. The second kappa shape index (κ2) is 3.20. The van der Waals surface area contributed by atoms with Crippen molar-refractivity contribution in [3.8, 4) is 5.75 Å². The molecule has 0 aliphatic rings. The molecule has 1 rings (SSSR count). The third-order valence-corrected chi connectivity index (χ3v) is 3.21. The van der Waals surface area contributed by atoms with Crippen molar-refractivity contribution in [3.05, 3.63) is 22.7 Å². The highest BCUT2D eigenvalue weighted by Gasteiger charge is 2.14.